The van der Waals surface area contributed by atoms with Crippen LogP contribution in [0.5, 0.6) is 0 Å². The Morgan fingerprint density at radius 3 is 2.61 bits per heavy atom. The summed E-state index contributed by atoms with van der Waals surface area (Å²) in [4.78, 5) is 48.4. The number of hydrogen-bond acceptors (Lipinski definition) is 9. The number of rotatable bonds is 6. The van der Waals surface area contributed by atoms with Crippen LogP contribution in [-0.4, -0.2) is 47.8 Å². The molecule has 1 aromatic carbocycles. The van der Waals surface area contributed by atoms with E-state index in [9.17, 15) is 14.4 Å². The Balaban J connectivity index is 1.57. The highest BCUT2D eigenvalue weighted by Crippen LogP contribution is 2.39. The molecule has 0 unspecified atom stereocenters. The maximum atomic E-state index is 12.8. The van der Waals surface area contributed by atoms with E-state index in [1.165, 1.54) is 61.0 Å². The van der Waals surface area contributed by atoms with Crippen LogP contribution in [0.1, 0.15) is 49.8 Å². The number of carbonyl (C=O) groups excluding carboxylic acids is 3. The first-order valence-electron chi connectivity index (χ1n) is 10.4. The third-order valence-corrected chi connectivity index (χ3v) is 7.51. The molecule has 8 nitrogen and oxygen atoms in total. The van der Waals surface area contributed by atoms with Gasteiger partial charge in [-0.05, 0) is 56.4 Å². The zero-order chi connectivity index (χ0) is 23.5. The fourth-order valence-corrected chi connectivity index (χ4v) is 6.10. The fraction of sp³-hybridized carbons (Fsp3) is 0.348. The van der Waals surface area contributed by atoms with Gasteiger partial charge in [-0.25, -0.2) is 19.6 Å². The number of esters is 2. The Morgan fingerprint density at radius 1 is 1.09 bits per heavy atom. The summed E-state index contributed by atoms with van der Waals surface area (Å²) in [5.41, 5.74) is 1.86. The number of nitrogens with one attached hydrogen (secondary N) is 1. The van der Waals surface area contributed by atoms with Crippen LogP contribution in [0.4, 0.5) is 5.69 Å². The fourth-order valence-electron chi connectivity index (χ4n) is 3.83. The molecule has 0 saturated carbocycles. The Labute approximate surface area is 199 Å². The number of benzene rings is 1. The first kappa shape index (κ1) is 23.2. The van der Waals surface area contributed by atoms with Gasteiger partial charge in [0.05, 0.1) is 36.8 Å². The summed E-state index contributed by atoms with van der Waals surface area (Å²) in [7, 11) is 2.52. The predicted octanol–water partition coefficient (Wildman–Crippen LogP) is 4.18. The first-order chi connectivity index (χ1) is 15.9. The van der Waals surface area contributed by atoms with Crippen molar-refractivity contribution in [2.75, 3.05) is 25.3 Å². The van der Waals surface area contributed by atoms with E-state index in [-0.39, 0.29) is 28.5 Å². The van der Waals surface area contributed by atoms with E-state index in [0.717, 1.165) is 34.5 Å². The van der Waals surface area contributed by atoms with Gasteiger partial charge in [0, 0.05) is 10.3 Å². The van der Waals surface area contributed by atoms with Crippen molar-refractivity contribution in [3.63, 3.8) is 0 Å². The van der Waals surface area contributed by atoms with Crippen LogP contribution in [0.2, 0.25) is 0 Å². The SMILES string of the molecule is COC(=O)c1ccc(C(=O)OC)c(NC(=O)CSc2nc(C)nc3sc4c(c23)CCCC4)c1. The smallest absolute Gasteiger partial charge is 0.339 e. The van der Waals surface area contributed by atoms with Crippen molar-refractivity contribution in [1.82, 2.24) is 9.97 Å². The first-order valence-corrected chi connectivity index (χ1v) is 12.2. The summed E-state index contributed by atoms with van der Waals surface area (Å²) in [5, 5.41) is 4.58. The summed E-state index contributed by atoms with van der Waals surface area (Å²) in [5.74, 6) is -0.771. The Kier molecular flexibility index (Phi) is 6.94. The molecule has 2 aromatic heterocycles. The lowest BCUT2D eigenvalue weighted by Gasteiger charge is -2.13. The number of thiophene rings is 1. The van der Waals surface area contributed by atoms with Crippen LogP contribution in [0.25, 0.3) is 10.2 Å². The number of thioether (sulfide) groups is 1. The molecule has 0 fully saturated rings. The van der Waals surface area contributed by atoms with E-state index < -0.39 is 11.9 Å². The molecule has 0 spiro atoms. The second kappa shape index (κ2) is 9.88. The summed E-state index contributed by atoms with van der Waals surface area (Å²) in [6.45, 7) is 1.85. The normalized spacial score (nSPS) is 12.8. The summed E-state index contributed by atoms with van der Waals surface area (Å²) >= 11 is 3.06. The van der Waals surface area contributed by atoms with Gasteiger partial charge in [-0.1, -0.05) is 11.8 Å². The van der Waals surface area contributed by atoms with E-state index in [1.807, 2.05) is 6.92 Å². The molecule has 0 saturated heterocycles. The summed E-state index contributed by atoms with van der Waals surface area (Å²) in [6.07, 6.45) is 4.39. The molecule has 4 rings (SSSR count). The Bertz CT molecular complexity index is 1250. The minimum atomic E-state index is -0.618. The number of hydrogen-bond donors (Lipinski definition) is 1. The van der Waals surface area contributed by atoms with Gasteiger partial charge in [-0.2, -0.15) is 0 Å². The summed E-state index contributed by atoms with van der Waals surface area (Å²) < 4.78 is 9.53. The van der Waals surface area contributed by atoms with Crippen LogP contribution in [0.3, 0.4) is 0 Å². The third-order valence-electron chi connectivity index (χ3n) is 5.35. The third kappa shape index (κ3) is 4.86. The Morgan fingerprint density at radius 2 is 1.85 bits per heavy atom. The minimum Gasteiger partial charge on any atom is -0.465 e. The van der Waals surface area contributed by atoms with Gasteiger partial charge in [-0.3, -0.25) is 4.79 Å². The predicted molar refractivity (Wildman–Crippen MR) is 127 cm³/mol. The van der Waals surface area contributed by atoms with Gasteiger partial charge < -0.3 is 14.8 Å². The molecule has 3 aromatic rings. The van der Waals surface area contributed by atoms with Crippen molar-refractivity contribution < 1.29 is 23.9 Å². The van der Waals surface area contributed by atoms with Crippen molar-refractivity contribution in [2.45, 2.75) is 37.6 Å². The largest absolute Gasteiger partial charge is 0.465 e. The van der Waals surface area contributed by atoms with Crippen LogP contribution in [-0.2, 0) is 27.1 Å². The van der Waals surface area contributed by atoms with Crippen molar-refractivity contribution in [1.29, 1.82) is 0 Å². The molecule has 0 aliphatic heterocycles. The van der Waals surface area contributed by atoms with Crippen molar-refractivity contribution in [3.8, 4) is 0 Å². The second-order valence-corrected chi connectivity index (χ2v) is 9.60. The lowest BCUT2D eigenvalue weighted by atomic mass is 9.97. The highest BCUT2D eigenvalue weighted by atomic mass is 32.2. The number of fused-ring (bicyclic) bond motifs is 3. The van der Waals surface area contributed by atoms with E-state index in [2.05, 4.69) is 15.3 Å². The molecule has 10 heteroatoms. The van der Waals surface area contributed by atoms with Gasteiger partial charge in [0.15, 0.2) is 0 Å². The summed E-state index contributed by atoms with van der Waals surface area (Å²) in [6, 6.07) is 4.28. The molecule has 0 atom stereocenters. The highest BCUT2D eigenvalue weighted by molar-refractivity contribution is 8.00. The molecule has 1 aliphatic rings. The van der Waals surface area contributed by atoms with E-state index in [4.69, 9.17) is 9.47 Å². The molecule has 172 valence electrons. The minimum absolute atomic E-state index is 0.0826. The zero-order valence-corrected chi connectivity index (χ0v) is 20.2. The number of aromatic nitrogens is 2. The number of methoxy groups -OCH3 is 2. The molecule has 1 aliphatic carbocycles. The molecule has 1 N–H and O–H groups in total. The highest BCUT2D eigenvalue weighted by Gasteiger charge is 2.22. The molecule has 33 heavy (non-hydrogen) atoms. The van der Waals surface area contributed by atoms with Gasteiger partial charge in [0.2, 0.25) is 5.91 Å². The van der Waals surface area contributed by atoms with E-state index in [0.29, 0.717) is 5.82 Å². The van der Waals surface area contributed by atoms with Gasteiger partial charge in [-0.15, -0.1) is 11.3 Å². The average molecular weight is 486 g/mol. The molecule has 2 heterocycles. The average Bonchev–Trinajstić information content (AvgIpc) is 3.19. The van der Waals surface area contributed by atoms with E-state index in [1.54, 1.807) is 11.3 Å². The standard InChI is InChI=1S/C23H23N3O5S2/c1-12-24-20(19-15-6-4-5-7-17(15)33-21(19)25-12)32-11-18(27)26-16-10-13(22(28)30-2)8-9-14(16)23(29)31-3/h8-10H,4-7,11H2,1-3H3,(H,26,27). The number of amides is 1. The van der Waals surface area contributed by atoms with Crippen LogP contribution in [0, 0.1) is 6.92 Å². The maximum Gasteiger partial charge on any atom is 0.339 e. The number of nitrogens with zero attached hydrogens (tertiary/aromatic N) is 2. The number of anilines is 1. The number of ether oxygens (including phenoxy) is 2. The Hall–Kier alpha value is -2.98. The zero-order valence-electron chi connectivity index (χ0n) is 18.5. The van der Waals surface area contributed by atoms with Gasteiger partial charge in [0.25, 0.3) is 0 Å². The molecule has 0 radical (unpaired) electrons. The van der Waals surface area contributed by atoms with Gasteiger partial charge in [0.1, 0.15) is 15.7 Å². The van der Waals surface area contributed by atoms with Crippen LogP contribution < -0.4 is 5.32 Å². The van der Waals surface area contributed by atoms with Crippen LogP contribution in [0.15, 0.2) is 23.2 Å². The number of aryl methyl sites for hydroxylation is 3. The van der Waals surface area contributed by atoms with Gasteiger partial charge >= 0.3 is 11.9 Å². The monoisotopic (exact) mass is 485 g/mol. The van der Waals surface area contributed by atoms with Crippen molar-refractivity contribution in [2.24, 2.45) is 0 Å². The maximum absolute atomic E-state index is 12.8. The molecule has 1 amide bonds. The lowest BCUT2D eigenvalue weighted by Crippen LogP contribution is -2.18. The molecular weight excluding hydrogens is 462 g/mol. The van der Waals surface area contributed by atoms with Crippen molar-refractivity contribution >= 4 is 56.8 Å². The molecule has 0 bridgehead atoms. The van der Waals surface area contributed by atoms with Crippen LogP contribution >= 0.6 is 23.1 Å². The lowest BCUT2D eigenvalue weighted by molar-refractivity contribution is -0.113. The molecular formula is C23H23N3O5S2. The van der Waals surface area contributed by atoms with Crippen molar-refractivity contribution in [3.05, 3.63) is 45.6 Å². The number of carbonyl (C=O) groups is 3. The quantitative estimate of drug-likeness (QED) is 0.315. The topological polar surface area (TPSA) is 107 Å². The van der Waals surface area contributed by atoms with E-state index >= 15 is 0 Å². The second-order valence-electron chi connectivity index (χ2n) is 7.55.